The molecule has 0 spiro atoms. The van der Waals surface area contributed by atoms with Crippen molar-refractivity contribution < 1.29 is 126 Å². The fourth-order valence-corrected chi connectivity index (χ4v) is 20.4. The lowest BCUT2D eigenvalue weighted by atomic mass is 9.48. The molecule has 0 heterocycles. The van der Waals surface area contributed by atoms with E-state index >= 15 is 0 Å². The van der Waals surface area contributed by atoms with Crippen LogP contribution in [0.4, 0.5) is 13.2 Å². The van der Waals surface area contributed by atoms with Gasteiger partial charge >= 0.3 is 36.0 Å². The van der Waals surface area contributed by atoms with Gasteiger partial charge in [0.15, 0.2) is 16.6 Å². The minimum absolute atomic E-state index is 0.00100. The highest BCUT2D eigenvalue weighted by Crippen LogP contribution is 2.63. The lowest BCUT2D eigenvalue weighted by Crippen LogP contribution is -3.13. The number of carbonyl (C=O) groups excluding carboxylic acids is 5. The molecule has 0 aromatic heterocycles. The van der Waals surface area contributed by atoms with E-state index in [0.29, 0.717) is 105 Å². The van der Waals surface area contributed by atoms with Crippen molar-refractivity contribution in [2.75, 3.05) is 140 Å². The number of aliphatic hydroxyl groups excluding tert-OH is 1. The number of nitrogens with one attached hydrogen (secondary N) is 1. The normalized spacial score (nSPS) is 18.9. The molecule has 582 valence electrons. The Morgan fingerprint density at radius 1 is 0.551 bits per heavy atom. The molecule has 4 bridgehead atoms. The number of esters is 5. The van der Waals surface area contributed by atoms with Crippen LogP contribution in [-0.4, -0.2) is 223 Å². The summed E-state index contributed by atoms with van der Waals surface area (Å²) in [6.07, 6.45) is 0.623. The van der Waals surface area contributed by atoms with Crippen LogP contribution in [-0.2, 0) is 99.8 Å². The number of alkyl halides is 3. The Morgan fingerprint density at radius 2 is 0.949 bits per heavy atom. The number of carbonyl (C=O) groups is 5. The molecule has 3 atom stereocenters. The highest BCUT2D eigenvalue weighted by Gasteiger charge is 2.64. The van der Waals surface area contributed by atoms with E-state index in [-0.39, 0.29) is 54.8 Å². The van der Waals surface area contributed by atoms with Crippen LogP contribution in [0.1, 0.15) is 173 Å². The Bertz CT molecular complexity index is 2290. The van der Waals surface area contributed by atoms with E-state index in [2.05, 4.69) is 37.8 Å². The molecule has 0 aliphatic heterocycles. The van der Waals surface area contributed by atoms with E-state index in [1.807, 2.05) is 69.2 Å². The summed E-state index contributed by atoms with van der Waals surface area (Å²) in [6.45, 7) is 42.0. The molecule has 0 saturated heterocycles. The monoisotopic (exact) mass is 1480 g/mol. The molecule has 4 aliphatic rings. The lowest BCUT2D eigenvalue weighted by Gasteiger charge is -2.60. The average molecular weight is 1480 g/mol. The number of aliphatic hydroxyl groups is 1. The Labute approximate surface area is 588 Å². The van der Waals surface area contributed by atoms with E-state index < -0.39 is 84.0 Å². The summed E-state index contributed by atoms with van der Waals surface area (Å²) in [5.74, 6) is -3.93. The van der Waals surface area contributed by atoms with Crippen molar-refractivity contribution >= 4 is 56.6 Å². The second-order valence-electron chi connectivity index (χ2n) is 29.4. The van der Waals surface area contributed by atoms with Gasteiger partial charge < -0.3 is 80.3 Å². The van der Waals surface area contributed by atoms with Crippen molar-refractivity contribution in [1.82, 2.24) is 0 Å². The SMILES string of the molecule is CCC(C)(C)C(=O)OC12CC3CC(C1)CC(C(=O)OC(CS(=O)(=O)[O-])C(F)(F)F)(C3)C2.CCC(C)(C)C(=O)OCCO.CCC(C)(C)C(=O)OCCOCCOC.CCCC[Si](C)(C)O[Si](C)(C)CCCOC(=O)C(C)(C)CC.COCOCC[NH+](CCOCOC)CCOCOC. The molecule has 4 rings (SSSR count). The van der Waals surface area contributed by atoms with Gasteiger partial charge in [0.1, 0.15) is 58.8 Å². The van der Waals surface area contributed by atoms with E-state index in [9.17, 15) is 50.1 Å². The van der Waals surface area contributed by atoms with Crippen molar-refractivity contribution in [3.63, 3.8) is 0 Å². The number of hydrogen-bond donors (Lipinski definition) is 2. The van der Waals surface area contributed by atoms with Crippen molar-refractivity contribution in [2.45, 2.75) is 230 Å². The van der Waals surface area contributed by atoms with E-state index in [1.54, 1.807) is 42.3 Å². The molecule has 0 amide bonds. The molecule has 4 saturated carbocycles. The largest absolute Gasteiger partial charge is 0.748 e. The van der Waals surface area contributed by atoms with Crippen molar-refractivity contribution in [1.29, 1.82) is 0 Å². The van der Waals surface area contributed by atoms with Gasteiger partial charge in [-0.1, -0.05) is 47.5 Å². The fraction of sp³-hybridized carbons (Fsp3) is 0.926. The molecule has 3 unspecified atom stereocenters. The number of unbranched alkanes of at least 4 members (excludes halogenated alkanes) is 1. The minimum atomic E-state index is -5.27. The number of rotatable bonds is 45. The molecule has 4 aliphatic carbocycles. The van der Waals surface area contributed by atoms with Gasteiger partial charge in [-0.2, -0.15) is 13.2 Å². The maximum absolute atomic E-state index is 13.3. The molecule has 0 radical (unpaired) electrons. The molecule has 30 heteroatoms. The molecule has 24 nitrogen and oxygen atoms in total. The molecule has 98 heavy (non-hydrogen) atoms. The summed E-state index contributed by atoms with van der Waals surface area (Å²) in [7, 11) is -1.98. The van der Waals surface area contributed by atoms with Gasteiger partial charge in [0.2, 0.25) is 6.10 Å². The highest BCUT2D eigenvalue weighted by atomic mass is 32.2. The smallest absolute Gasteiger partial charge is 0.426 e. The summed E-state index contributed by atoms with van der Waals surface area (Å²) >= 11 is 0. The summed E-state index contributed by atoms with van der Waals surface area (Å²) in [6, 6.07) is 2.31. The van der Waals surface area contributed by atoms with Crippen LogP contribution >= 0.6 is 0 Å². The first kappa shape index (κ1) is 97.1. The molecule has 0 aromatic rings. The van der Waals surface area contributed by atoms with Crippen molar-refractivity contribution in [3.8, 4) is 0 Å². The van der Waals surface area contributed by atoms with Gasteiger partial charge in [-0.05, 0) is 170 Å². The summed E-state index contributed by atoms with van der Waals surface area (Å²) in [5, 5.41) is 8.38. The van der Waals surface area contributed by atoms with E-state index in [4.69, 9.17) is 66.1 Å². The van der Waals surface area contributed by atoms with Gasteiger partial charge in [-0.25, -0.2) is 8.42 Å². The predicted molar refractivity (Wildman–Crippen MR) is 370 cm³/mol. The zero-order chi connectivity index (χ0) is 75.7. The standard InChI is InChI=1S/C20H29F3O7S.C17H38O3Si2.C12H27NO6.C11H22O4.C8H16O3/c1-4-17(2,3)15(24)30-19-8-12-5-13(9-19)7-18(6-12,11-19)16(25)29-14(20(21,22)23)10-31(26,27)28;1-9-11-14-21(5,6)20-22(7,8)15-12-13-19-16(18)17(3,4)10-2;1-14-10-17-7-4-13(5-8-18-11-15-2)6-9-19-12-16-3;1-5-11(2,3)10(12)15-9-8-14-7-6-13-4;1-4-8(2,3)7(10)11-6-5-9/h12-14H,4-11H2,1-3H3,(H,26,27,28);9-15H2,1-8H3;4-12H2,1-3H3;5-9H2,1-4H3;9H,4-6H2,1-3H3. The molecule has 2 N–H and O–H groups in total. The van der Waals surface area contributed by atoms with Gasteiger partial charge in [0.25, 0.3) is 0 Å². The Kier molecular flexibility index (Phi) is 47.7. The second kappa shape index (κ2) is 48.1. The number of ether oxygens (including phenoxy) is 13. The maximum atomic E-state index is 13.3. The fourth-order valence-electron chi connectivity index (χ4n) is 10.8. The Hall–Kier alpha value is -2.96. The topological polar surface area (TPSA) is 296 Å². The molecular weight excluding hydrogens is 1340 g/mol. The van der Waals surface area contributed by atoms with Crippen LogP contribution in [0.25, 0.3) is 0 Å². The van der Waals surface area contributed by atoms with Crippen molar-refractivity contribution in [3.05, 3.63) is 0 Å². The number of methoxy groups -OCH3 is 4. The number of hydrogen-bond acceptors (Lipinski definition) is 23. The van der Waals surface area contributed by atoms with Crippen LogP contribution in [0.15, 0.2) is 0 Å². The first-order chi connectivity index (χ1) is 45.4. The van der Waals surface area contributed by atoms with Gasteiger partial charge in [-0.3, -0.25) is 24.0 Å². The molecular formula is C68H132F3NO23SSi2. The summed E-state index contributed by atoms with van der Waals surface area (Å²) < 4.78 is 145. The van der Waals surface area contributed by atoms with Gasteiger partial charge in [0.05, 0.1) is 95.8 Å². The molecule has 4 fully saturated rings. The summed E-state index contributed by atoms with van der Waals surface area (Å²) in [4.78, 5) is 61.6. The lowest BCUT2D eigenvalue weighted by molar-refractivity contribution is -0.901. The number of halogens is 3. The van der Waals surface area contributed by atoms with Crippen LogP contribution in [0.5, 0.6) is 0 Å². The zero-order valence-corrected chi connectivity index (χ0v) is 66.6. The predicted octanol–water partition coefficient (Wildman–Crippen LogP) is 10.2. The molecule has 0 aromatic carbocycles. The third-order valence-electron chi connectivity index (χ3n) is 17.9. The Morgan fingerprint density at radius 3 is 1.33 bits per heavy atom. The minimum Gasteiger partial charge on any atom is -0.748 e. The van der Waals surface area contributed by atoms with Crippen molar-refractivity contribution in [2.24, 2.45) is 38.9 Å². The first-order valence-corrected chi connectivity index (χ1v) is 42.6. The van der Waals surface area contributed by atoms with Gasteiger partial charge in [0, 0.05) is 34.9 Å². The van der Waals surface area contributed by atoms with Crippen LogP contribution < -0.4 is 4.90 Å². The third kappa shape index (κ3) is 41.4. The second-order valence-corrected chi connectivity index (χ2v) is 39.7. The van der Waals surface area contributed by atoms with Crippen LogP contribution in [0.3, 0.4) is 0 Å². The van der Waals surface area contributed by atoms with Crippen LogP contribution in [0, 0.1) is 38.9 Å². The Balaban J connectivity index is 0. The van der Waals surface area contributed by atoms with E-state index in [1.165, 1.54) is 23.8 Å². The maximum Gasteiger partial charge on any atom is 0.426 e. The summed E-state index contributed by atoms with van der Waals surface area (Å²) in [5.41, 5.74) is -4.14. The quantitative estimate of drug-likeness (QED) is 0.0143. The average Bonchev–Trinajstić information content (AvgIpc) is 0.716. The number of quaternary nitrogens is 1. The third-order valence-corrected chi connectivity index (χ3v) is 26.2. The zero-order valence-electron chi connectivity index (χ0n) is 63.8. The highest BCUT2D eigenvalue weighted by molar-refractivity contribution is 7.85. The van der Waals surface area contributed by atoms with Gasteiger partial charge in [-0.15, -0.1) is 0 Å². The van der Waals surface area contributed by atoms with E-state index in [0.717, 1.165) is 57.8 Å². The van der Waals surface area contributed by atoms with Crippen LogP contribution in [0.2, 0.25) is 38.3 Å². The first-order valence-electron chi connectivity index (χ1n) is 34.8.